The first-order valence-corrected chi connectivity index (χ1v) is 17.6. The Morgan fingerprint density at radius 2 is 1.54 bits per heavy atom. The maximum atomic E-state index is 6.88. The second-order valence-electron chi connectivity index (χ2n) is 13.0. The summed E-state index contributed by atoms with van der Waals surface area (Å²) < 4.78 is 6.88. The van der Waals surface area contributed by atoms with Crippen LogP contribution in [0.5, 0.6) is 0 Å². The lowest BCUT2D eigenvalue weighted by Gasteiger charge is -2.26. The SMILES string of the molecule is C#CC/C=C\C=C(/C)N(c1ccc(/C(C)=C/C=C)cc1)c1ccc(-c2cccc3c2oc2c4c(ccc23)C(C)(C)C(C)=C4/C=C\C)cc1.CC. The zero-order chi connectivity index (χ0) is 36.0. The number of allylic oxidation sites excluding steroid dienone is 11. The van der Waals surface area contributed by atoms with Gasteiger partial charge in [-0.1, -0.05) is 131 Å². The molecule has 6 rings (SSSR count). The Morgan fingerprint density at radius 3 is 2.18 bits per heavy atom. The molecule has 0 atom stereocenters. The maximum Gasteiger partial charge on any atom is 0.143 e. The van der Waals surface area contributed by atoms with Crippen molar-refractivity contribution in [2.75, 3.05) is 4.90 Å². The average molecular weight is 656 g/mol. The van der Waals surface area contributed by atoms with Crippen molar-refractivity contribution in [3.05, 3.63) is 156 Å². The fraction of sp³-hybridized carbons (Fsp3) is 0.208. The highest BCUT2D eigenvalue weighted by molar-refractivity contribution is 6.13. The number of hydrogen-bond acceptors (Lipinski definition) is 2. The lowest BCUT2D eigenvalue weighted by Crippen LogP contribution is -2.15. The number of furan rings is 1. The Balaban J connectivity index is 0.00000239. The predicted octanol–water partition coefficient (Wildman–Crippen LogP) is 14.1. The number of anilines is 2. The number of terminal acetylenes is 1. The molecule has 0 N–H and O–H groups in total. The van der Waals surface area contributed by atoms with Gasteiger partial charge in [0.15, 0.2) is 0 Å². The number of benzene rings is 4. The number of para-hydroxylation sites is 1. The Hall–Kier alpha value is -5.52. The third-order valence-electron chi connectivity index (χ3n) is 9.73. The van der Waals surface area contributed by atoms with Crippen molar-refractivity contribution in [2.45, 2.75) is 67.2 Å². The van der Waals surface area contributed by atoms with Gasteiger partial charge in [0.1, 0.15) is 11.2 Å². The molecule has 0 unspecified atom stereocenters. The van der Waals surface area contributed by atoms with E-state index in [9.17, 15) is 0 Å². The molecule has 50 heavy (non-hydrogen) atoms. The molecule has 2 heteroatoms. The highest BCUT2D eigenvalue weighted by Crippen LogP contribution is 2.51. The molecular formula is C48H49NO. The van der Waals surface area contributed by atoms with Crippen molar-refractivity contribution < 1.29 is 4.42 Å². The van der Waals surface area contributed by atoms with E-state index < -0.39 is 0 Å². The molecule has 5 aromatic rings. The van der Waals surface area contributed by atoms with Gasteiger partial charge in [-0.2, -0.15) is 0 Å². The number of fused-ring (bicyclic) bond motifs is 5. The first-order valence-electron chi connectivity index (χ1n) is 17.6. The van der Waals surface area contributed by atoms with Crippen LogP contribution < -0.4 is 4.90 Å². The van der Waals surface area contributed by atoms with E-state index in [0.717, 1.165) is 50.1 Å². The Morgan fingerprint density at radius 1 is 0.880 bits per heavy atom. The number of rotatable bonds is 9. The minimum absolute atomic E-state index is 0.0486. The van der Waals surface area contributed by atoms with Gasteiger partial charge in [-0.25, -0.2) is 0 Å². The average Bonchev–Trinajstić information content (AvgIpc) is 3.61. The molecule has 0 radical (unpaired) electrons. The molecule has 0 spiro atoms. The molecule has 4 aromatic carbocycles. The second kappa shape index (κ2) is 15.4. The molecular weight excluding hydrogens is 607 g/mol. The summed E-state index contributed by atoms with van der Waals surface area (Å²) in [5, 5.41) is 2.29. The Bertz CT molecular complexity index is 2220. The second-order valence-corrected chi connectivity index (χ2v) is 13.0. The summed E-state index contributed by atoms with van der Waals surface area (Å²) >= 11 is 0. The summed E-state index contributed by atoms with van der Waals surface area (Å²) in [6.45, 7) is 21.0. The predicted molar refractivity (Wildman–Crippen MR) is 220 cm³/mol. The fourth-order valence-corrected chi connectivity index (χ4v) is 6.89. The van der Waals surface area contributed by atoms with Crippen LogP contribution in [0.25, 0.3) is 44.2 Å². The lowest BCUT2D eigenvalue weighted by atomic mass is 9.82. The molecule has 2 nitrogen and oxygen atoms in total. The van der Waals surface area contributed by atoms with Crippen molar-refractivity contribution in [1.82, 2.24) is 0 Å². The monoisotopic (exact) mass is 655 g/mol. The van der Waals surface area contributed by atoms with Gasteiger partial charge in [0.05, 0.1) is 0 Å². The van der Waals surface area contributed by atoms with E-state index in [1.165, 1.54) is 33.4 Å². The molecule has 0 fully saturated rings. The van der Waals surface area contributed by atoms with Gasteiger partial charge in [-0.15, -0.1) is 12.3 Å². The highest BCUT2D eigenvalue weighted by atomic mass is 16.3. The van der Waals surface area contributed by atoms with Crippen molar-refractivity contribution in [3.63, 3.8) is 0 Å². The molecule has 0 aliphatic heterocycles. The van der Waals surface area contributed by atoms with Gasteiger partial charge in [-0.05, 0) is 85.9 Å². The highest BCUT2D eigenvalue weighted by Gasteiger charge is 2.36. The zero-order valence-corrected chi connectivity index (χ0v) is 30.9. The van der Waals surface area contributed by atoms with E-state index in [2.05, 4.69) is 156 Å². The third-order valence-corrected chi connectivity index (χ3v) is 9.73. The largest absolute Gasteiger partial charge is 0.455 e. The van der Waals surface area contributed by atoms with Crippen LogP contribution in [0.1, 0.15) is 78.5 Å². The summed E-state index contributed by atoms with van der Waals surface area (Å²) in [7, 11) is 0. The molecule has 0 saturated heterocycles. The summed E-state index contributed by atoms with van der Waals surface area (Å²) in [6, 6.07) is 28.4. The first-order chi connectivity index (χ1) is 24.2. The van der Waals surface area contributed by atoms with Crippen molar-refractivity contribution >= 4 is 44.5 Å². The molecule has 0 saturated carbocycles. The van der Waals surface area contributed by atoms with Crippen LogP contribution in [0.3, 0.4) is 0 Å². The van der Waals surface area contributed by atoms with E-state index in [-0.39, 0.29) is 5.41 Å². The first kappa shape index (κ1) is 35.8. The van der Waals surface area contributed by atoms with Crippen LogP contribution in [0, 0.1) is 12.3 Å². The van der Waals surface area contributed by atoms with Crippen LogP contribution in [0.4, 0.5) is 11.4 Å². The molecule has 1 aliphatic carbocycles. The smallest absolute Gasteiger partial charge is 0.143 e. The van der Waals surface area contributed by atoms with E-state index in [0.29, 0.717) is 6.42 Å². The Kier molecular flexibility index (Phi) is 11.0. The summed E-state index contributed by atoms with van der Waals surface area (Å²) in [4.78, 5) is 2.27. The molecule has 252 valence electrons. The third kappa shape index (κ3) is 6.57. The van der Waals surface area contributed by atoms with Crippen LogP contribution in [0.15, 0.2) is 144 Å². The molecule has 0 bridgehead atoms. The van der Waals surface area contributed by atoms with E-state index in [1.54, 1.807) is 0 Å². The van der Waals surface area contributed by atoms with E-state index in [4.69, 9.17) is 10.8 Å². The minimum atomic E-state index is -0.0486. The number of nitrogens with zero attached hydrogens (tertiary/aromatic N) is 1. The van der Waals surface area contributed by atoms with Crippen LogP contribution in [0.2, 0.25) is 0 Å². The van der Waals surface area contributed by atoms with Crippen molar-refractivity contribution in [2.24, 2.45) is 0 Å². The topological polar surface area (TPSA) is 16.4 Å². The van der Waals surface area contributed by atoms with Crippen molar-refractivity contribution in [1.29, 1.82) is 0 Å². The molecule has 1 aromatic heterocycles. The lowest BCUT2D eigenvalue weighted by molar-refractivity contribution is 0.634. The maximum absolute atomic E-state index is 6.88. The van der Waals surface area contributed by atoms with Gasteiger partial charge in [0.25, 0.3) is 0 Å². The van der Waals surface area contributed by atoms with Gasteiger partial charge < -0.3 is 9.32 Å². The summed E-state index contributed by atoms with van der Waals surface area (Å²) in [5.74, 6) is 2.67. The number of hydrogen-bond donors (Lipinski definition) is 0. The quantitative estimate of drug-likeness (QED) is 0.116. The van der Waals surface area contributed by atoms with Gasteiger partial charge in [-0.3, -0.25) is 0 Å². The van der Waals surface area contributed by atoms with Crippen LogP contribution in [-0.2, 0) is 5.41 Å². The minimum Gasteiger partial charge on any atom is -0.455 e. The van der Waals surface area contributed by atoms with E-state index >= 15 is 0 Å². The molecule has 1 heterocycles. The van der Waals surface area contributed by atoms with Crippen LogP contribution in [-0.4, -0.2) is 0 Å². The summed E-state index contributed by atoms with van der Waals surface area (Å²) in [5.41, 5.74) is 14.8. The van der Waals surface area contributed by atoms with Gasteiger partial charge in [0.2, 0.25) is 0 Å². The Labute approximate surface area is 299 Å². The fourth-order valence-electron chi connectivity index (χ4n) is 6.89. The normalized spacial score (nSPS) is 14.3. The molecule has 0 amide bonds. The standard InChI is InChI=1S/C46H43NO.C2H6/c1-9-12-13-14-18-32(5)47(36-25-21-34(22-26-36)31(4)16-10-2)37-27-23-35(24-28-37)39-19-15-20-40-41-29-30-42-43(45(41)48-44(39)40)38(17-11-3)33(6)46(42,7)8;1-2/h1,10-11,13-30H,2,12H2,3-8H3;1-2H3/b14-13-,17-11-,31-16+,32-18+;. The summed E-state index contributed by atoms with van der Waals surface area (Å²) in [6.07, 6.45) is 20.4. The van der Waals surface area contributed by atoms with Gasteiger partial charge in [0, 0.05) is 50.8 Å². The van der Waals surface area contributed by atoms with E-state index in [1.807, 2.05) is 38.2 Å². The zero-order valence-electron chi connectivity index (χ0n) is 30.9. The van der Waals surface area contributed by atoms with Crippen molar-refractivity contribution in [3.8, 4) is 23.5 Å². The molecule has 1 aliphatic rings. The van der Waals surface area contributed by atoms with Crippen LogP contribution >= 0.6 is 0 Å². The van der Waals surface area contributed by atoms with Gasteiger partial charge >= 0.3 is 0 Å².